The maximum atomic E-state index is 12.1. The Hall–Kier alpha value is -2.69. The molecule has 0 spiro atoms. The Morgan fingerprint density at radius 3 is 2.81 bits per heavy atom. The number of benzene rings is 1. The predicted molar refractivity (Wildman–Crippen MR) is 73.7 cm³/mol. The normalized spacial score (nSPS) is 19.8. The molecular weight excluding hydrogens is 272 g/mol. The van der Waals surface area contributed by atoms with Crippen molar-refractivity contribution in [1.29, 1.82) is 0 Å². The average Bonchev–Trinajstić information content (AvgIpc) is 2.86. The molecular formula is C16H12O5. The fourth-order valence-electron chi connectivity index (χ4n) is 2.51. The smallest absolute Gasteiger partial charge is 0.335 e. The molecule has 1 aromatic rings. The van der Waals surface area contributed by atoms with Gasteiger partial charge >= 0.3 is 5.97 Å². The molecule has 0 amide bonds. The van der Waals surface area contributed by atoms with Crippen LogP contribution in [0, 0.1) is 0 Å². The molecule has 0 radical (unpaired) electrons. The van der Waals surface area contributed by atoms with E-state index in [0.717, 1.165) is 6.08 Å². The van der Waals surface area contributed by atoms with E-state index in [1.165, 1.54) is 18.2 Å². The number of hydrogen-bond donors (Lipinski definition) is 0. The lowest BCUT2D eigenvalue weighted by Gasteiger charge is -2.17. The van der Waals surface area contributed by atoms with Gasteiger partial charge in [-0.15, -0.1) is 0 Å². The summed E-state index contributed by atoms with van der Waals surface area (Å²) in [5, 5.41) is 0. The number of ketones is 2. The molecule has 0 bridgehead atoms. The number of carbonyl (C=O) groups is 3. The number of carbonyl (C=O) groups excluding carboxylic acids is 3. The van der Waals surface area contributed by atoms with Gasteiger partial charge in [0.15, 0.2) is 0 Å². The van der Waals surface area contributed by atoms with Crippen LogP contribution in [0.5, 0.6) is 5.75 Å². The third kappa shape index (κ3) is 2.07. The zero-order valence-corrected chi connectivity index (χ0v) is 11.3. The Balaban J connectivity index is 2.09. The highest BCUT2D eigenvalue weighted by molar-refractivity contribution is 6.52. The Bertz CT molecular complexity index is 726. The summed E-state index contributed by atoms with van der Waals surface area (Å²) in [6.45, 7) is 5.15. The Kier molecular flexibility index (Phi) is 2.97. The van der Waals surface area contributed by atoms with Crippen molar-refractivity contribution in [2.45, 2.75) is 19.4 Å². The highest BCUT2D eigenvalue weighted by atomic mass is 16.5. The van der Waals surface area contributed by atoms with Gasteiger partial charge in [-0.3, -0.25) is 9.59 Å². The number of esters is 1. The summed E-state index contributed by atoms with van der Waals surface area (Å²) in [5.74, 6) is -0.974. The second-order valence-electron chi connectivity index (χ2n) is 4.93. The fraction of sp³-hybridized carbons (Fsp3) is 0.188. The number of fused-ring (bicyclic) bond motifs is 2. The van der Waals surface area contributed by atoms with Crippen molar-refractivity contribution < 1.29 is 23.9 Å². The van der Waals surface area contributed by atoms with Gasteiger partial charge in [0.25, 0.3) is 0 Å². The molecule has 0 saturated heterocycles. The quantitative estimate of drug-likeness (QED) is 0.360. The van der Waals surface area contributed by atoms with E-state index in [1.54, 1.807) is 0 Å². The van der Waals surface area contributed by atoms with Crippen molar-refractivity contribution in [2.75, 3.05) is 0 Å². The van der Waals surface area contributed by atoms with Crippen molar-refractivity contribution in [3.63, 3.8) is 0 Å². The standard InChI is InChI=1S/C16H12O5/c1-3-13(17)21-9-4-5-10-11(7-9)16-12(6-8(2)20-16)15(19)14(10)18/h3-5,7-8H,1,6H2,2H3. The van der Waals surface area contributed by atoms with Crippen molar-refractivity contribution in [1.82, 2.24) is 0 Å². The summed E-state index contributed by atoms with van der Waals surface area (Å²) in [4.78, 5) is 35.4. The molecule has 1 heterocycles. The summed E-state index contributed by atoms with van der Waals surface area (Å²) in [7, 11) is 0. The topological polar surface area (TPSA) is 69.7 Å². The second-order valence-corrected chi connectivity index (χ2v) is 4.93. The van der Waals surface area contributed by atoms with Crippen LogP contribution in [-0.2, 0) is 14.3 Å². The summed E-state index contributed by atoms with van der Waals surface area (Å²) >= 11 is 0. The minimum Gasteiger partial charge on any atom is -0.489 e. The number of rotatable bonds is 2. The maximum absolute atomic E-state index is 12.1. The van der Waals surface area contributed by atoms with Gasteiger partial charge in [-0.25, -0.2) is 4.79 Å². The third-order valence-electron chi connectivity index (χ3n) is 3.43. The molecule has 0 fully saturated rings. The van der Waals surface area contributed by atoms with E-state index in [0.29, 0.717) is 23.3 Å². The summed E-state index contributed by atoms with van der Waals surface area (Å²) in [5.41, 5.74) is 1.16. The number of hydrogen-bond acceptors (Lipinski definition) is 5. The van der Waals surface area contributed by atoms with Crippen molar-refractivity contribution in [3.05, 3.63) is 47.6 Å². The van der Waals surface area contributed by atoms with Gasteiger partial charge in [0.05, 0.1) is 0 Å². The lowest BCUT2D eigenvalue weighted by molar-refractivity contribution is -0.129. The van der Waals surface area contributed by atoms with Gasteiger partial charge in [-0.2, -0.15) is 0 Å². The first-order valence-electron chi connectivity index (χ1n) is 6.48. The van der Waals surface area contributed by atoms with Crippen LogP contribution in [-0.4, -0.2) is 23.6 Å². The van der Waals surface area contributed by atoms with Gasteiger partial charge in [-0.1, -0.05) is 6.58 Å². The molecule has 21 heavy (non-hydrogen) atoms. The van der Waals surface area contributed by atoms with Crippen LogP contribution in [0.4, 0.5) is 0 Å². The molecule has 3 rings (SSSR count). The number of Topliss-reactive ketones (excluding diaryl/α,β-unsaturated/α-hetero) is 2. The van der Waals surface area contributed by atoms with E-state index in [9.17, 15) is 14.4 Å². The van der Waals surface area contributed by atoms with E-state index in [1.807, 2.05) is 6.92 Å². The molecule has 1 aliphatic heterocycles. The monoisotopic (exact) mass is 284 g/mol. The largest absolute Gasteiger partial charge is 0.489 e. The van der Waals surface area contributed by atoms with E-state index >= 15 is 0 Å². The van der Waals surface area contributed by atoms with Gasteiger partial charge in [0, 0.05) is 29.2 Å². The maximum Gasteiger partial charge on any atom is 0.335 e. The lowest BCUT2D eigenvalue weighted by Crippen LogP contribution is -2.22. The van der Waals surface area contributed by atoms with Crippen LogP contribution in [0.25, 0.3) is 5.76 Å². The minimum absolute atomic E-state index is 0.155. The first-order valence-corrected chi connectivity index (χ1v) is 6.48. The third-order valence-corrected chi connectivity index (χ3v) is 3.43. The molecule has 5 heteroatoms. The van der Waals surface area contributed by atoms with Gasteiger partial charge < -0.3 is 9.47 Å². The molecule has 1 atom stereocenters. The highest BCUT2D eigenvalue weighted by Gasteiger charge is 2.39. The first kappa shape index (κ1) is 13.3. The second kappa shape index (κ2) is 4.70. The molecule has 0 saturated carbocycles. The van der Waals surface area contributed by atoms with E-state index in [4.69, 9.17) is 9.47 Å². The molecule has 0 aromatic heterocycles. The Morgan fingerprint density at radius 2 is 2.10 bits per heavy atom. The van der Waals surface area contributed by atoms with E-state index in [2.05, 4.69) is 6.58 Å². The van der Waals surface area contributed by atoms with Crippen LogP contribution in [0.3, 0.4) is 0 Å². The molecule has 1 unspecified atom stereocenters. The molecule has 5 nitrogen and oxygen atoms in total. The van der Waals surface area contributed by atoms with E-state index < -0.39 is 17.5 Å². The van der Waals surface area contributed by atoms with Gasteiger partial charge in [0.2, 0.25) is 11.6 Å². The van der Waals surface area contributed by atoms with Gasteiger partial charge in [0.1, 0.15) is 17.6 Å². The van der Waals surface area contributed by atoms with Crippen molar-refractivity contribution >= 4 is 23.3 Å². The minimum atomic E-state index is -0.594. The highest BCUT2D eigenvalue weighted by Crippen LogP contribution is 2.40. The van der Waals surface area contributed by atoms with Crippen LogP contribution in [0.15, 0.2) is 36.4 Å². The zero-order chi connectivity index (χ0) is 15.1. The molecule has 106 valence electrons. The van der Waals surface area contributed by atoms with Crippen LogP contribution in [0.2, 0.25) is 0 Å². The summed E-state index contributed by atoms with van der Waals surface area (Å²) in [6, 6.07) is 4.47. The zero-order valence-electron chi connectivity index (χ0n) is 11.3. The Morgan fingerprint density at radius 1 is 1.33 bits per heavy atom. The van der Waals surface area contributed by atoms with Gasteiger partial charge in [-0.05, 0) is 25.1 Å². The van der Waals surface area contributed by atoms with Crippen LogP contribution < -0.4 is 4.74 Å². The number of ether oxygens (including phenoxy) is 2. The molecule has 0 N–H and O–H groups in total. The molecule has 1 aromatic carbocycles. The van der Waals surface area contributed by atoms with Crippen LogP contribution in [0.1, 0.15) is 29.3 Å². The van der Waals surface area contributed by atoms with Crippen molar-refractivity contribution in [2.24, 2.45) is 0 Å². The molecule has 1 aliphatic carbocycles. The fourth-order valence-corrected chi connectivity index (χ4v) is 2.51. The Labute approximate surface area is 120 Å². The summed E-state index contributed by atoms with van der Waals surface area (Å²) in [6.07, 6.45) is 1.31. The van der Waals surface area contributed by atoms with Crippen LogP contribution >= 0.6 is 0 Å². The SMILES string of the molecule is C=CC(=O)Oc1ccc2c(c1)C1=C(CC(C)O1)C(=O)C2=O. The average molecular weight is 284 g/mol. The lowest BCUT2D eigenvalue weighted by atomic mass is 9.87. The van der Waals surface area contributed by atoms with Crippen molar-refractivity contribution in [3.8, 4) is 5.75 Å². The molecule has 2 aliphatic rings. The predicted octanol–water partition coefficient (Wildman–Crippen LogP) is 2.06. The van der Waals surface area contributed by atoms with E-state index in [-0.39, 0.29) is 17.4 Å². The first-order chi connectivity index (χ1) is 10.0. The summed E-state index contributed by atoms with van der Waals surface area (Å²) < 4.78 is 10.7.